The predicted molar refractivity (Wildman–Crippen MR) is 94.8 cm³/mol. The van der Waals surface area contributed by atoms with Crippen LogP contribution in [0, 0.1) is 17.8 Å². The number of nitrogens with one attached hydrogen (secondary N) is 1. The monoisotopic (exact) mass is 296 g/mol. The lowest BCUT2D eigenvalue weighted by atomic mass is 9.73. The summed E-state index contributed by atoms with van der Waals surface area (Å²) in [5, 5.41) is 3.84. The number of rotatable bonds is 10. The van der Waals surface area contributed by atoms with Gasteiger partial charge in [0.15, 0.2) is 0 Å². The third-order valence-electron chi connectivity index (χ3n) is 5.19. The summed E-state index contributed by atoms with van der Waals surface area (Å²) in [5.41, 5.74) is 0. The van der Waals surface area contributed by atoms with Gasteiger partial charge < -0.3 is 10.2 Å². The summed E-state index contributed by atoms with van der Waals surface area (Å²) >= 11 is 0. The van der Waals surface area contributed by atoms with Crippen molar-refractivity contribution < 1.29 is 0 Å². The van der Waals surface area contributed by atoms with Crippen LogP contribution in [0.3, 0.4) is 0 Å². The quantitative estimate of drug-likeness (QED) is 0.636. The van der Waals surface area contributed by atoms with Crippen LogP contribution in [0.5, 0.6) is 0 Å². The third-order valence-corrected chi connectivity index (χ3v) is 5.19. The molecule has 0 aromatic carbocycles. The standard InChI is InChI=1S/C19H40N2/c1-6-11-20-19-10-9-17(16(4)5)14-18(19)15-21(12-7-2)13-8-3/h16-20H,6-15H2,1-5H3. The van der Waals surface area contributed by atoms with Gasteiger partial charge in [-0.1, -0.05) is 34.6 Å². The van der Waals surface area contributed by atoms with E-state index in [-0.39, 0.29) is 0 Å². The van der Waals surface area contributed by atoms with E-state index in [9.17, 15) is 0 Å². The van der Waals surface area contributed by atoms with Crippen molar-refractivity contribution in [2.45, 2.75) is 79.2 Å². The molecule has 0 spiro atoms. The van der Waals surface area contributed by atoms with Crippen molar-refractivity contribution in [3.05, 3.63) is 0 Å². The van der Waals surface area contributed by atoms with Crippen LogP contribution >= 0.6 is 0 Å². The van der Waals surface area contributed by atoms with Gasteiger partial charge in [-0.3, -0.25) is 0 Å². The Labute approximate surface area is 134 Å². The molecule has 0 saturated heterocycles. The van der Waals surface area contributed by atoms with Crippen molar-refractivity contribution in [1.82, 2.24) is 10.2 Å². The molecular weight excluding hydrogens is 256 g/mol. The molecule has 0 aromatic rings. The maximum atomic E-state index is 3.84. The average Bonchev–Trinajstić information content (AvgIpc) is 2.46. The Bertz CT molecular complexity index is 246. The molecule has 1 aliphatic carbocycles. The smallest absolute Gasteiger partial charge is 0.0108 e. The zero-order chi connectivity index (χ0) is 15.7. The van der Waals surface area contributed by atoms with Crippen molar-refractivity contribution in [3.8, 4) is 0 Å². The molecule has 1 rings (SSSR count). The largest absolute Gasteiger partial charge is 0.314 e. The van der Waals surface area contributed by atoms with Crippen molar-refractivity contribution in [1.29, 1.82) is 0 Å². The van der Waals surface area contributed by atoms with E-state index in [2.05, 4.69) is 44.8 Å². The van der Waals surface area contributed by atoms with E-state index in [1.807, 2.05) is 0 Å². The van der Waals surface area contributed by atoms with Gasteiger partial charge in [-0.25, -0.2) is 0 Å². The highest BCUT2D eigenvalue weighted by molar-refractivity contribution is 4.87. The molecule has 0 heterocycles. The van der Waals surface area contributed by atoms with Gasteiger partial charge in [0.05, 0.1) is 0 Å². The molecule has 0 bridgehead atoms. The molecule has 0 radical (unpaired) electrons. The predicted octanol–water partition coefficient (Wildman–Crippen LogP) is 4.55. The molecule has 0 aliphatic heterocycles. The maximum absolute atomic E-state index is 3.84. The van der Waals surface area contributed by atoms with E-state index in [0.717, 1.165) is 23.8 Å². The maximum Gasteiger partial charge on any atom is 0.0108 e. The molecule has 3 unspecified atom stereocenters. The number of hydrogen-bond donors (Lipinski definition) is 1. The Kier molecular flexibility index (Phi) is 9.59. The first kappa shape index (κ1) is 19.0. The molecule has 0 amide bonds. The summed E-state index contributed by atoms with van der Waals surface area (Å²) in [6.45, 7) is 16.8. The van der Waals surface area contributed by atoms with Crippen LogP contribution in [0.1, 0.15) is 73.1 Å². The number of nitrogens with zero attached hydrogens (tertiary/aromatic N) is 1. The van der Waals surface area contributed by atoms with E-state index in [1.54, 1.807) is 0 Å². The molecule has 1 N–H and O–H groups in total. The van der Waals surface area contributed by atoms with Gasteiger partial charge in [0.2, 0.25) is 0 Å². The van der Waals surface area contributed by atoms with E-state index < -0.39 is 0 Å². The summed E-state index contributed by atoms with van der Waals surface area (Å²) in [5.74, 6) is 2.65. The molecule has 2 heteroatoms. The van der Waals surface area contributed by atoms with Crippen LogP contribution < -0.4 is 5.32 Å². The minimum atomic E-state index is 0.760. The molecule has 1 saturated carbocycles. The zero-order valence-corrected chi connectivity index (χ0v) is 15.3. The molecule has 1 aliphatic rings. The second-order valence-electron chi connectivity index (χ2n) is 7.44. The second-order valence-corrected chi connectivity index (χ2v) is 7.44. The van der Waals surface area contributed by atoms with Gasteiger partial charge in [-0.15, -0.1) is 0 Å². The fraction of sp³-hybridized carbons (Fsp3) is 1.00. The summed E-state index contributed by atoms with van der Waals surface area (Å²) < 4.78 is 0. The van der Waals surface area contributed by atoms with E-state index in [0.29, 0.717) is 0 Å². The normalized spacial score (nSPS) is 26.7. The first-order valence-corrected chi connectivity index (χ1v) is 9.57. The van der Waals surface area contributed by atoms with Crippen molar-refractivity contribution in [3.63, 3.8) is 0 Å². The lowest BCUT2D eigenvalue weighted by Gasteiger charge is -2.40. The molecular formula is C19H40N2. The fourth-order valence-corrected chi connectivity index (χ4v) is 3.96. The third kappa shape index (κ3) is 6.69. The Balaban J connectivity index is 2.62. The van der Waals surface area contributed by atoms with E-state index in [4.69, 9.17) is 0 Å². The van der Waals surface area contributed by atoms with Crippen molar-refractivity contribution >= 4 is 0 Å². The fourth-order valence-electron chi connectivity index (χ4n) is 3.96. The average molecular weight is 297 g/mol. The molecule has 3 atom stereocenters. The van der Waals surface area contributed by atoms with Gasteiger partial charge in [-0.05, 0) is 75.9 Å². The second kappa shape index (κ2) is 10.6. The van der Waals surface area contributed by atoms with Gasteiger partial charge in [0, 0.05) is 12.6 Å². The van der Waals surface area contributed by atoms with Crippen LogP contribution in [-0.2, 0) is 0 Å². The Morgan fingerprint density at radius 2 is 1.67 bits per heavy atom. The summed E-state index contributed by atoms with van der Waals surface area (Å²) in [6, 6.07) is 0.760. The van der Waals surface area contributed by atoms with Crippen LogP contribution in [-0.4, -0.2) is 37.1 Å². The molecule has 2 nitrogen and oxygen atoms in total. The molecule has 0 aromatic heterocycles. The Hall–Kier alpha value is -0.0800. The van der Waals surface area contributed by atoms with Gasteiger partial charge >= 0.3 is 0 Å². The first-order chi connectivity index (χ1) is 10.1. The Morgan fingerprint density at radius 3 is 2.19 bits per heavy atom. The summed E-state index contributed by atoms with van der Waals surface area (Å²) in [4.78, 5) is 2.72. The van der Waals surface area contributed by atoms with Crippen molar-refractivity contribution in [2.24, 2.45) is 17.8 Å². The topological polar surface area (TPSA) is 15.3 Å². The van der Waals surface area contributed by atoms with Crippen LogP contribution in [0.4, 0.5) is 0 Å². The lowest BCUT2D eigenvalue weighted by molar-refractivity contribution is 0.121. The SMILES string of the molecule is CCCNC1CCC(C(C)C)CC1CN(CCC)CCC. The summed E-state index contributed by atoms with van der Waals surface area (Å²) in [6.07, 6.45) is 8.07. The highest BCUT2D eigenvalue weighted by atomic mass is 15.1. The van der Waals surface area contributed by atoms with Crippen LogP contribution in [0.15, 0.2) is 0 Å². The van der Waals surface area contributed by atoms with Gasteiger partial charge in [-0.2, -0.15) is 0 Å². The van der Waals surface area contributed by atoms with E-state index in [1.165, 1.54) is 64.7 Å². The Morgan fingerprint density at radius 1 is 1.00 bits per heavy atom. The molecule has 1 fully saturated rings. The molecule has 21 heavy (non-hydrogen) atoms. The lowest BCUT2D eigenvalue weighted by Crippen LogP contribution is -2.47. The minimum Gasteiger partial charge on any atom is -0.314 e. The zero-order valence-electron chi connectivity index (χ0n) is 15.3. The first-order valence-electron chi connectivity index (χ1n) is 9.57. The van der Waals surface area contributed by atoms with Crippen LogP contribution in [0.2, 0.25) is 0 Å². The van der Waals surface area contributed by atoms with E-state index >= 15 is 0 Å². The van der Waals surface area contributed by atoms with Crippen molar-refractivity contribution in [2.75, 3.05) is 26.2 Å². The highest BCUT2D eigenvalue weighted by Gasteiger charge is 2.32. The molecule has 126 valence electrons. The summed E-state index contributed by atoms with van der Waals surface area (Å²) in [7, 11) is 0. The van der Waals surface area contributed by atoms with Gasteiger partial charge in [0.25, 0.3) is 0 Å². The highest BCUT2D eigenvalue weighted by Crippen LogP contribution is 2.34. The minimum absolute atomic E-state index is 0.760. The number of hydrogen-bond acceptors (Lipinski definition) is 2. The van der Waals surface area contributed by atoms with Gasteiger partial charge in [0.1, 0.15) is 0 Å². The van der Waals surface area contributed by atoms with Crippen LogP contribution in [0.25, 0.3) is 0 Å².